The molecule has 2 N–H and O–H groups in total. The van der Waals surface area contributed by atoms with E-state index in [0.29, 0.717) is 31.8 Å². The zero-order valence-electron chi connectivity index (χ0n) is 14.6. The number of aliphatic hydroxyl groups is 1. The number of amides is 1. The Labute approximate surface area is 148 Å². The highest BCUT2D eigenvalue weighted by atomic mass is 32.2. The highest BCUT2D eigenvalue weighted by molar-refractivity contribution is 7.90. The summed E-state index contributed by atoms with van der Waals surface area (Å²) in [4.78, 5) is 14.1. The number of carbonyl (C=O) groups is 1. The van der Waals surface area contributed by atoms with Gasteiger partial charge in [0.2, 0.25) is 5.91 Å². The number of hydrogen-bond acceptors (Lipinski definition) is 6. The lowest BCUT2D eigenvalue weighted by molar-refractivity contribution is -0.121. The molecule has 25 heavy (non-hydrogen) atoms. The molecular weight excluding hydrogens is 344 g/mol. The molecule has 0 radical (unpaired) electrons. The summed E-state index contributed by atoms with van der Waals surface area (Å²) in [7, 11) is -1.47. The molecule has 0 unspecified atom stereocenters. The summed E-state index contributed by atoms with van der Waals surface area (Å²) < 4.78 is 27.8. The van der Waals surface area contributed by atoms with E-state index in [0.717, 1.165) is 5.56 Å². The zero-order valence-corrected chi connectivity index (χ0v) is 15.5. The highest BCUT2D eigenvalue weighted by Gasteiger charge is 2.27. The van der Waals surface area contributed by atoms with Gasteiger partial charge in [-0.3, -0.25) is 9.69 Å². The van der Waals surface area contributed by atoms with Crippen LogP contribution in [0.4, 0.5) is 0 Å². The Kier molecular flexibility index (Phi) is 6.80. The minimum absolute atomic E-state index is 0.0458. The van der Waals surface area contributed by atoms with Crippen LogP contribution < -0.4 is 10.1 Å². The first-order valence-corrected chi connectivity index (χ1v) is 10.3. The molecule has 2 atom stereocenters. The third kappa shape index (κ3) is 7.01. The number of methoxy groups -OCH3 is 1. The third-order valence-electron chi connectivity index (χ3n) is 4.15. The molecule has 7 nitrogen and oxygen atoms in total. The number of β-amino-alcohol motifs (C(OH)–C–C–N with tert-alkyl or cyclic N) is 1. The van der Waals surface area contributed by atoms with Gasteiger partial charge >= 0.3 is 0 Å². The van der Waals surface area contributed by atoms with Crippen LogP contribution in [0.5, 0.6) is 5.75 Å². The second kappa shape index (κ2) is 8.64. The fraction of sp³-hybridized carbons (Fsp3) is 0.588. The van der Waals surface area contributed by atoms with Gasteiger partial charge < -0.3 is 15.2 Å². The van der Waals surface area contributed by atoms with E-state index in [-0.39, 0.29) is 24.1 Å². The molecule has 1 aliphatic heterocycles. The van der Waals surface area contributed by atoms with Crippen LogP contribution in [0, 0.1) is 0 Å². The van der Waals surface area contributed by atoms with Crippen molar-refractivity contribution in [2.75, 3.05) is 38.8 Å². The van der Waals surface area contributed by atoms with Crippen molar-refractivity contribution >= 4 is 15.7 Å². The third-order valence-corrected chi connectivity index (χ3v) is 5.07. The molecule has 1 aromatic carbocycles. The zero-order chi connectivity index (χ0) is 18.4. The SMILES string of the molecule is COc1cccc(CC(=O)N[C@H]2C[C@@H](O)CN(CCS(C)(=O)=O)C2)c1. The molecule has 1 aliphatic rings. The number of nitrogens with one attached hydrogen (secondary N) is 1. The molecular formula is C17H26N2O5S. The van der Waals surface area contributed by atoms with Crippen LogP contribution in [0.25, 0.3) is 0 Å². The number of piperidine rings is 1. The second-order valence-corrected chi connectivity index (χ2v) is 8.83. The quantitative estimate of drug-likeness (QED) is 0.692. The Morgan fingerprint density at radius 3 is 2.84 bits per heavy atom. The molecule has 0 spiro atoms. The van der Waals surface area contributed by atoms with Gasteiger partial charge in [0.25, 0.3) is 0 Å². The van der Waals surface area contributed by atoms with Crippen molar-refractivity contribution < 1.29 is 23.1 Å². The van der Waals surface area contributed by atoms with E-state index in [1.807, 2.05) is 29.2 Å². The molecule has 0 bridgehead atoms. The van der Waals surface area contributed by atoms with Crippen LogP contribution in [0.2, 0.25) is 0 Å². The average Bonchev–Trinajstić information content (AvgIpc) is 2.52. The van der Waals surface area contributed by atoms with E-state index in [4.69, 9.17) is 4.74 Å². The van der Waals surface area contributed by atoms with Gasteiger partial charge in [-0.05, 0) is 24.1 Å². The Hall–Kier alpha value is -1.64. The van der Waals surface area contributed by atoms with E-state index in [1.165, 1.54) is 6.26 Å². The van der Waals surface area contributed by atoms with Crippen molar-refractivity contribution in [2.24, 2.45) is 0 Å². The lowest BCUT2D eigenvalue weighted by atomic mass is 10.0. The first-order chi connectivity index (χ1) is 11.7. The van der Waals surface area contributed by atoms with E-state index >= 15 is 0 Å². The van der Waals surface area contributed by atoms with Gasteiger partial charge in [-0.2, -0.15) is 0 Å². The lowest BCUT2D eigenvalue weighted by Crippen LogP contribution is -2.53. The van der Waals surface area contributed by atoms with Crippen LogP contribution in [0.3, 0.4) is 0 Å². The monoisotopic (exact) mass is 370 g/mol. The molecule has 0 saturated carbocycles. The van der Waals surface area contributed by atoms with Crippen molar-refractivity contribution in [3.8, 4) is 5.75 Å². The number of hydrogen-bond donors (Lipinski definition) is 2. The Balaban J connectivity index is 1.88. The van der Waals surface area contributed by atoms with E-state index in [9.17, 15) is 18.3 Å². The fourth-order valence-corrected chi connectivity index (χ4v) is 3.58. The Morgan fingerprint density at radius 2 is 2.16 bits per heavy atom. The normalized spacial score (nSPS) is 21.7. The maximum Gasteiger partial charge on any atom is 0.224 e. The molecule has 1 saturated heterocycles. The maximum absolute atomic E-state index is 12.3. The summed E-state index contributed by atoms with van der Waals surface area (Å²) in [5, 5.41) is 12.9. The second-order valence-electron chi connectivity index (χ2n) is 6.57. The van der Waals surface area contributed by atoms with Crippen molar-refractivity contribution in [3.05, 3.63) is 29.8 Å². The minimum Gasteiger partial charge on any atom is -0.497 e. The number of aliphatic hydroxyl groups excluding tert-OH is 1. The van der Waals surface area contributed by atoms with Gasteiger partial charge in [0.05, 0.1) is 25.4 Å². The molecule has 1 amide bonds. The number of sulfone groups is 1. The Bertz CT molecular complexity index is 692. The molecule has 0 aliphatic carbocycles. The number of ether oxygens (including phenoxy) is 1. The standard InChI is InChI=1S/C17H26N2O5S/c1-24-16-5-3-4-13(8-16)9-17(21)18-14-10-15(20)12-19(11-14)6-7-25(2,22)23/h3-5,8,14-15,20H,6-7,9-12H2,1-2H3,(H,18,21)/t14-,15+/m0/s1. The van der Waals surface area contributed by atoms with Crippen LogP contribution in [-0.4, -0.2) is 75.2 Å². The van der Waals surface area contributed by atoms with Crippen molar-refractivity contribution in [1.82, 2.24) is 10.2 Å². The first kappa shape index (κ1) is 19.7. The lowest BCUT2D eigenvalue weighted by Gasteiger charge is -2.35. The molecule has 1 fully saturated rings. The minimum atomic E-state index is -3.05. The summed E-state index contributed by atoms with van der Waals surface area (Å²) in [6.45, 7) is 1.33. The predicted octanol–water partition coefficient (Wildman–Crippen LogP) is -0.166. The Morgan fingerprint density at radius 1 is 1.40 bits per heavy atom. The summed E-state index contributed by atoms with van der Waals surface area (Å²) in [5.74, 6) is 0.616. The largest absolute Gasteiger partial charge is 0.497 e. The maximum atomic E-state index is 12.3. The summed E-state index contributed by atoms with van der Waals surface area (Å²) >= 11 is 0. The van der Waals surface area contributed by atoms with Crippen LogP contribution >= 0.6 is 0 Å². The van der Waals surface area contributed by atoms with Crippen LogP contribution in [0.1, 0.15) is 12.0 Å². The smallest absolute Gasteiger partial charge is 0.224 e. The molecule has 2 rings (SSSR count). The summed E-state index contributed by atoms with van der Waals surface area (Å²) in [5.41, 5.74) is 0.849. The van der Waals surface area contributed by atoms with Crippen molar-refractivity contribution in [2.45, 2.75) is 25.0 Å². The molecule has 8 heteroatoms. The molecule has 1 heterocycles. The van der Waals surface area contributed by atoms with Crippen molar-refractivity contribution in [1.29, 1.82) is 0 Å². The van der Waals surface area contributed by atoms with Gasteiger partial charge in [0.15, 0.2) is 0 Å². The van der Waals surface area contributed by atoms with Crippen LogP contribution in [0.15, 0.2) is 24.3 Å². The fourth-order valence-electron chi connectivity index (χ4n) is 2.99. The number of benzene rings is 1. The summed E-state index contributed by atoms with van der Waals surface area (Å²) in [6, 6.07) is 7.13. The highest BCUT2D eigenvalue weighted by Crippen LogP contribution is 2.14. The van der Waals surface area contributed by atoms with Gasteiger partial charge in [-0.1, -0.05) is 12.1 Å². The van der Waals surface area contributed by atoms with Crippen molar-refractivity contribution in [3.63, 3.8) is 0 Å². The van der Waals surface area contributed by atoms with Gasteiger partial charge in [-0.25, -0.2) is 8.42 Å². The number of rotatable bonds is 7. The van der Waals surface area contributed by atoms with Crippen LogP contribution in [-0.2, 0) is 21.1 Å². The molecule has 1 aromatic rings. The van der Waals surface area contributed by atoms with Gasteiger partial charge in [-0.15, -0.1) is 0 Å². The number of carbonyl (C=O) groups excluding carboxylic acids is 1. The molecule has 140 valence electrons. The van der Waals surface area contributed by atoms with Gasteiger partial charge in [0, 0.05) is 31.9 Å². The average molecular weight is 370 g/mol. The first-order valence-electron chi connectivity index (χ1n) is 8.25. The van der Waals surface area contributed by atoms with E-state index in [1.54, 1.807) is 7.11 Å². The van der Waals surface area contributed by atoms with E-state index in [2.05, 4.69) is 5.32 Å². The topological polar surface area (TPSA) is 95.9 Å². The van der Waals surface area contributed by atoms with E-state index < -0.39 is 15.9 Å². The number of nitrogens with zero attached hydrogens (tertiary/aromatic N) is 1. The predicted molar refractivity (Wildman–Crippen MR) is 95.4 cm³/mol. The molecule has 0 aromatic heterocycles. The summed E-state index contributed by atoms with van der Waals surface area (Å²) in [6.07, 6.45) is 1.32. The number of likely N-dealkylation sites (tertiary alicyclic amines) is 1. The van der Waals surface area contributed by atoms with Gasteiger partial charge in [0.1, 0.15) is 15.6 Å².